The van der Waals surface area contributed by atoms with Crippen LogP contribution < -0.4 is 4.74 Å². The predicted octanol–water partition coefficient (Wildman–Crippen LogP) is 4.36. The van der Waals surface area contributed by atoms with Gasteiger partial charge in [0.05, 0.1) is 46.1 Å². The molecule has 0 saturated carbocycles. The number of pyridine rings is 1. The van der Waals surface area contributed by atoms with Crippen LogP contribution in [0.4, 0.5) is 0 Å². The SMILES string of the molecule is Cc1ncsc1-c1ccc(C(=O)N2CCC[C@@]3(C[C@@H](Oc4ccccc4)CO3)C2)cn1. The highest BCUT2D eigenvalue weighted by molar-refractivity contribution is 7.13. The maximum atomic E-state index is 13.2. The molecule has 4 heterocycles. The fourth-order valence-electron chi connectivity index (χ4n) is 4.51. The molecule has 0 N–H and O–H groups in total. The largest absolute Gasteiger partial charge is 0.488 e. The van der Waals surface area contributed by atoms with E-state index in [1.54, 1.807) is 17.5 Å². The molecule has 0 unspecified atom stereocenters. The lowest BCUT2D eigenvalue weighted by Gasteiger charge is -2.39. The summed E-state index contributed by atoms with van der Waals surface area (Å²) in [7, 11) is 0. The fraction of sp³-hybridized carbons (Fsp3) is 0.375. The highest BCUT2D eigenvalue weighted by Gasteiger charge is 2.45. The Kier molecular flexibility index (Phi) is 5.46. The number of carbonyl (C=O) groups is 1. The van der Waals surface area contributed by atoms with E-state index in [0.717, 1.165) is 47.8 Å². The average molecular weight is 436 g/mol. The zero-order valence-corrected chi connectivity index (χ0v) is 18.3. The third-order valence-electron chi connectivity index (χ3n) is 6.04. The molecule has 160 valence electrons. The summed E-state index contributed by atoms with van der Waals surface area (Å²) in [6.45, 7) is 3.86. The number of rotatable bonds is 4. The van der Waals surface area contributed by atoms with E-state index in [1.165, 1.54) is 0 Å². The first kappa shape index (κ1) is 20.2. The van der Waals surface area contributed by atoms with Crippen molar-refractivity contribution in [2.45, 2.75) is 37.9 Å². The third kappa shape index (κ3) is 4.20. The smallest absolute Gasteiger partial charge is 0.255 e. The van der Waals surface area contributed by atoms with Gasteiger partial charge in [0.2, 0.25) is 0 Å². The molecule has 0 bridgehead atoms. The second-order valence-corrected chi connectivity index (χ2v) is 9.14. The molecule has 6 nitrogen and oxygen atoms in total. The molecule has 0 radical (unpaired) electrons. The first-order valence-corrected chi connectivity index (χ1v) is 11.5. The Morgan fingerprint density at radius 3 is 2.84 bits per heavy atom. The van der Waals surface area contributed by atoms with Gasteiger partial charge < -0.3 is 14.4 Å². The molecule has 7 heteroatoms. The number of para-hydroxylation sites is 1. The number of nitrogens with zero attached hydrogens (tertiary/aromatic N) is 3. The fourth-order valence-corrected chi connectivity index (χ4v) is 5.29. The maximum absolute atomic E-state index is 13.2. The molecule has 2 aromatic heterocycles. The number of carbonyl (C=O) groups excluding carboxylic acids is 1. The van der Waals surface area contributed by atoms with Crippen molar-refractivity contribution in [3.8, 4) is 16.3 Å². The van der Waals surface area contributed by atoms with Gasteiger partial charge in [0.25, 0.3) is 5.91 Å². The first-order valence-electron chi connectivity index (χ1n) is 10.6. The Morgan fingerprint density at radius 2 is 2.10 bits per heavy atom. The van der Waals surface area contributed by atoms with E-state index in [4.69, 9.17) is 9.47 Å². The van der Waals surface area contributed by atoms with E-state index < -0.39 is 0 Å². The van der Waals surface area contributed by atoms with Crippen molar-refractivity contribution in [2.75, 3.05) is 19.7 Å². The number of aromatic nitrogens is 2. The number of benzene rings is 1. The zero-order chi connectivity index (χ0) is 21.3. The number of piperidine rings is 1. The molecule has 2 aliphatic rings. The van der Waals surface area contributed by atoms with E-state index in [1.807, 2.05) is 59.8 Å². The van der Waals surface area contributed by atoms with Gasteiger partial charge in [-0.2, -0.15) is 0 Å². The number of thiazole rings is 1. The van der Waals surface area contributed by atoms with Gasteiger partial charge in [-0.25, -0.2) is 4.98 Å². The number of ether oxygens (including phenoxy) is 2. The molecule has 2 aliphatic heterocycles. The van der Waals surface area contributed by atoms with Crippen LogP contribution in [0.2, 0.25) is 0 Å². The van der Waals surface area contributed by atoms with E-state index in [-0.39, 0.29) is 17.6 Å². The van der Waals surface area contributed by atoms with Gasteiger partial charge in [0.15, 0.2) is 0 Å². The van der Waals surface area contributed by atoms with Gasteiger partial charge in [0, 0.05) is 19.2 Å². The number of hydrogen-bond acceptors (Lipinski definition) is 6. The highest BCUT2D eigenvalue weighted by atomic mass is 32.1. The lowest BCUT2D eigenvalue weighted by atomic mass is 9.89. The van der Waals surface area contributed by atoms with E-state index in [2.05, 4.69) is 9.97 Å². The minimum Gasteiger partial charge on any atom is -0.488 e. The highest BCUT2D eigenvalue weighted by Crippen LogP contribution is 2.36. The van der Waals surface area contributed by atoms with E-state index >= 15 is 0 Å². The van der Waals surface area contributed by atoms with Gasteiger partial charge in [-0.05, 0) is 44.0 Å². The van der Waals surface area contributed by atoms with Crippen LogP contribution in [0, 0.1) is 6.92 Å². The summed E-state index contributed by atoms with van der Waals surface area (Å²) in [6.07, 6.45) is 4.37. The Labute approximate surface area is 185 Å². The topological polar surface area (TPSA) is 64.6 Å². The summed E-state index contributed by atoms with van der Waals surface area (Å²) in [4.78, 5) is 24.9. The van der Waals surface area contributed by atoms with Gasteiger partial charge in [-0.1, -0.05) is 18.2 Å². The lowest BCUT2D eigenvalue weighted by Crippen LogP contribution is -2.50. The molecule has 2 saturated heterocycles. The van der Waals surface area contributed by atoms with Crippen LogP contribution >= 0.6 is 11.3 Å². The Morgan fingerprint density at radius 1 is 1.23 bits per heavy atom. The van der Waals surface area contributed by atoms with Crippen molar-refractivity contribution in [1.29, 1.82) is 0 Å². The summed E-state index contributed by atoms with van der Waals surface area (Å²) >= 11 is 1.56. The minimum absolute atomic E-state index is 0.00943. The summed E-state index contributed by atoms with van der Waals surface area (Å²) < 4.78 is 12.3. The summed E-state index contributed by atoms with van der Waals surface area (Å²) in [5.41, 5.74) is 3.92. The molecule has 5 rings (SSSR count). The molecule has 1 aromatic carbocycles. The third-order valence-corrected chi connectivity index (χ3v) is 6.99. The van der Waals surface area contributed by atoms with Crippen LogP contribution in [0.5, 0.6) is 5.75 Å². The molecular formula is C24H25N3O3S. The monoisotopic (exact) mass is 435 g/mol. The van der Waals surface area contributed by atoms with Crippen LogP contribution in [-0.2, 0) is 4.74 Å². The van der Waals surface area contributed by atoms with Crippen molar-refractivity contribution < 1.29 is 14.3 Å². The molecule has 3 aromatic rings. The molecule has 0 aliphatic carbocycles. The standard InChI is InChI=1S/C24H25N3O3S/c1-17-22(31-16-26-17)21-9-8-18(13-25-21)23(28)27-11-5-10-24(15-27)12-20(14-29-24)30-19-6-3-2-4-7-19/h2-4,6-9,13,16,20H,5,10-12,14-15H2,1H3/t20-,24-/m1/s1. The number of amides is 1. The normalized spacial score (nSPS) is 23.3. The number of aryl methyl sites for hydroxylation is 1. The minimum atomic E-state index is -0.319. The quantitative estimate of drug-likeness (QED) is 0.609. The number of hydrogen-bond donors (Lipinski definition) is 0. The van der Waals surface area contributed by atoms with Crippen LogP contribution in [-0.4, -0.2) is 52.2 Å². The van der Waals surface area contributed by atoms with E-state index in [9.17, 15) is 4.79 Å². The predicted molar refractivity (Wildman–Crippen MR) is 119 cm³/mol. The summed E-state index contributed by atoms with van der Waals surface area (Å²) in [6, 6.07) is 13.6. The van der Waals surface area contributed by atoms with Crippen molar-refractivity contribution in [3.05, 3.63) is 65.4 Å². The molecule has 1 amide bonds. The molecule has 2 atom stereocenters. The van der Waals surface area contributed by atoms with Crippen molar-refractivity contribution in [1.82, 2.24) is 14.9 Å². The van der Waals surface area contributed by atoms with Gasteiger partial charge >= 0.3 is 0 Å². The van der Waals surface area contributed by atoms with Crippen molar-refractivity contribution in [2.24, 2.45) is 0 Å². The average Bonchev–Trinajstić information content (AvgIpc) is 3.40. The Hall–Kier alpha value is -2.77. The second-order valence-electron chi connectivity index (χ2n) is 8.28. The van der Waals surface area contributed by atoms with Crippen LogP contribution in [0.15, 0.2) is 54.2 Å². The van der Waals surface area contributed by atoms with Crippen LogP contribution in [0.1, 0.15) is 35.3 Å². The summed E-state index contributed by atoms with van der Waals surface area (Å²) in [5, 5.41) is 0. The molecule has 1 spiro atoms. The zero-order valence-electron chi connectivity index (χ0n) is 17.5. The van der Waals surface area contributed by atoms with Crippen molar-refractivity contribution in [3.63, 3.8) is 0 Å². The van der Waals surface area contributed by atoms with E-state index in [0.29, 0.717) is 18.7 Å². The second kappa shape index (κ2) is 8.40. The van der Waals surface area contributed by atoms with Gasteiger partial charge in [0.1, 0.15) is 11.9 Å². The Bertz CT molecular complexity index is 1050. The Balaban J connectivity index is 1.25. The molecule has 31 heavy (non-hydrogen) atoms. The summed E-state index contributed by atoms with van der Waals surface area (Å²) in [5.74, 6) is 0.870. The van der Waals surface area contributed by atoms with Crippen LogP contribution in [0.3, 0.4) is 0 Å². The molecular weight excluding hydrogens is 410 g/mol. The van der Waals surface area contributed by atoms with Gasteiger partial charge in [-0.3, -0.25) is 9.78 Å². The number of likely N-dealkylation sites (tertiary alicyclic amines) is 1. The maximum Gasteiger partial charge on any atom is 0.255 e. The van der Waals surface area contributed by atoms with Crippen LogP contribution in [0.25, 0.3) is 10.6 Å². The molecule has 2 fully saturated rings. The van der Waals surface area contributed by atoms with Crippen molar-refractivity contribution >= 4 is 17.2 Å². The van der Waals surface area contributed by atoms with Gasteiger partial charge in [-0.15, -0.1) is 11.3 Å². The first-order chi connectivity index (χ1) is 15.1. The lowest BCUT2D eigenvalue weighted by molar-refractivity contribution is -0.0453.